The van der Waals surface area contributed by atoms with Gasteiger partial charge in [0.15, 0.2) is 0 Å². The minimum absolute atomic E-state index is 0.452. The van der Waals surface area contributed by atoms with E-state index in [1.807, 2.05) is 10.8 Å². The van der Waals surface area contributed by atoms with E-state index in [2.05, 4.69) is 28.5 Å². The summed E-state index contributed by atoms with van der Waals surface area (Å²) in [5.41, 5.74) is 2.26. The number of hydrogen-bond acceptors (Lipinski definition) is 2. The molecule has 4 heteroatoms. The van der Waals surface area contributed by atoms with Gasteiger partial charge in [-0.15, -0.1) is 0 Å². The Hall–Kier alpha value is -1.32. The zero-order chi connectivity index (χ0) is 12.4. The van der Waals surface area contributed by atoms with Crippen LogP contribution in [-0.4, -0.2) is 16.1 Å². The summed E-state index contributed by atoms with van der Waals surface area (Å²) < 4.78 is 1.93. The molecule has 1 saturated heterocycles. The number of halogens is 1. The third kappa shape index (κ3) is 2.28. The maximum Gasteiger partial charge on any atom is 0.0992 e. The number of benzene rings is 1. The van der Waals surface area contributed by atoms with Gasteiger partial charge in [-0.25, -0.2) is 4.98 Å². The molecule has 1 aliphatic heterocycles. The largest absolute Gasteiger partial charge is 0.310 e. The van der Waals surface area contributed by atoms with Gasteiger partial charge in [0, 0.05) is 18.4 Å². The van der Waals surface area contributed by atoms with Crippen molar-refractivity contribution in [2.45, 2.75) is 25.3 Å². The molecule has 1 aliphatic rings. The van der Waals surface area contributed by atoms with Crippen molar-refractivity contribution in [3.05, 3.63) is 47.5 Å². The third-order valence-electron chi connectivity index (χ3n) is 3.47. The summed E-state index contributed by atoms with van der Waals surface area (Å²) in [5.74, 6) is 0. The number of aromatic nitrogens is 2. The molecule has 2 heterocycles. The van der Waals surface area contributed by atoms with Crippen LogP contribution in [0, 0.1) is 0 Å². The molecule has 3 nitrogen and oxygen atoms in total. The molecular weight excluding hydrogens is 246 g/mol. The van der Waals surface area contributed by atoms with Crippen molar-refractivity contribution in [1.29, 1.82) is 0 Å². The second-order valence-electron chi connectivity index (χ2n) is 4.68. The zero-order valence-corrected chi connectivity index (χ0v) is 10.9. The number of hydrogen-bond donors (Lipinski definition) is 1. The fourth-order valence-electron chi connectivity index (χ4n) is 2.49. The first-order valence-electron chi connectivity index (χ1n) is 6.36. The average Bonchev–Trinajstić information content (AvgIpc) is 2.93. The van der Waals surface area contributed by atoms with Gasteiger partial charge in [-0.1, -0.05) is 24.1 Å². The lowest BCUT2D eigenvalue weighted by atomic mass is 9.97. The van der Waals surface area contributed by atoms with Gasteiger partial charge in [0.05, 0.1) is 17.0 Å². The van der Waals surface area contributed by atoms with Gasteiger partial charge in [0.25, 0.3) is 0 Å². The van der Waals surface area contributed by atoms with E-state index < -0.39 is 0 Å². The van der Waals surface area contributed by atoms with E-state index in [-0.39, 0.29) is 0 Å². The lowest BCUT2D eigenvalue weighted by molar-refractivity contribution is 0.412. The molecule has 1 aromatic heterocycles. The lowest BCUT2D eigenvalue weighted by Crippen LogP contribution is -2.26. The van der Waals surface area contributed by atoms with Gasteiger partial charge in [-0.3, -0.25) is 0 Å². The molecule has 0 saturated carbocycles. The van der Waals surface area contributed by atoms with Crippen LogP contribution < -0.4 is 5.32 Å². The molecule has 3 rings (SSSR count). The molecule has 1 fully saturated rings. The Balaban J connectivity index is 1.89. The summed E-state index contributed by atoms with van der Waals surface area (Å²) in [6, 6.07) is 6.74. The molecule has 0 aliphatic carbocycles. The summed E-state index contributed by atoms with van der Waals surface area (Å²) >= 11 is 6.36. The maximum absolute atomic E-state index is 6.36. The lowest BCUT2D eigenvalue weighted by Gasteiger charge is -2.24. The smallest absolute Gasteiger partial charge is 0.0992 e. The minimum Gasteiger partial charge on any atom is -0.310 e. The molecule has 1 atom stereocenters. The Kier molecular flexibility index (Phi) is 3.35. The summed E-state index contributed by atoms with van der Waals surface area (Å²) in [6.07, 6.45) is 9.18. The Morgan fingerprint density at radius 1 is 1.33 bits per heavy atom. The molecular formula is C14H16ClN3. The fourth-order valence-corrected chi connectivity index (χ4v) is 2.77. The van der Waals surface area contributed by atoms with Gasteiger partial charge >= 0.3 is 0 Å². The van der Waals surface area contributed by atoms with Gasteiger partial charge in [-0.05, 0) is 37.1 Å². The fraction of sp³-hybridized carbons (Fsp3) is 0.357. The molecule has 18 heavy (non-hydrogen) atoms. The Morgan fingerprint density at radius 2 is 2.28 bits per heavy atom. The summed E-state index contributed by atoms with van der Waals surface area (Å²) in [5, 5.41) is 4.31. The Morgan fingerprint density at radius 3 is 2.94 bits per heavy atom. The molecule has 0 radical (unpaired) electrons. The SMILES string of the molecule is Clc1cc(C2CCCCN2)ccc1-n1ccnc1. The number of nitrogens with one attached hydrogen (secondary N) is 1. The Bertz CT molecular complexity index is 516. The van der Waals surface area contributed by atoms with Crippen LogP contribution in [0.1, 0.15) is 30.9 Å². The van der Waals surface area contributed by atoms with Crippen LogP contribution in [0.2, 0.25) is 5.02 Å². The quantitative estimate of drug-likeness (QED) is 0.899. The topological polar surface area (TPSA) is 29.9 Å². The predicted octanol–water partition coefficient (Wildman–Crippen LogP) is 3.34. The van der Waals surface area contributed by atoms with Gasteiger partial charge < -0.3 is 9.88 Å². The molecule has 1 N–H and O–H groups in total. The first-order chi connectivity index (χ1) is 8.84. The van der Waals surface area contributed by atoms with E-state index >= 15 is 0 Å². The number of piperidine rings is 1. The molecule has 0 bridgehead atoms. The first-order valence-corrected chi connectivity index (χ1v) is 6.73. The number of nitrogens with zero attached hydrogens (tertiary/aromatic N) is 2. The molecule has 0 spiro atoms. The molecule has 1 aromatic carbocycles. The minimum atomic E-state index is 0.452. The van der Waals surface area contributed by atoms with E-state index in [4.69, 9.17) is 11.6 Å². The zero-order valence-electron chi connectivity index (χ0n) is 10.1. The maximum atomic E-state index is 6.36. The molecule has 94 valence electrons. The van der Waals surface area contributed by atoms with Crippen LogP contribution in [-0.2, 0) is 0 Å². The van der Waals surface area contributed by atoms with E-state index in [1.165, 1.54) is 24.8 Å². The Labute approximate surface area is 112 Å². The predicted molar refractivity (Wildman–Crippen MR) is 73.2 cm³/mol. The average molecular weight is 262 g/mol. The van der Waals surface area contributed by atoms with Crippen LogP contribution in [0.15, 0.2) is 36.9 Å². The summed E-state index contributed by atoms with van der Waals surface area (Å²) in [4.78, 5) is 4.04. The normalized spacial score (nSPS) is 19.9. The number of imidazole rings is 1. The van der Waals surface area contributed by atoms with Crippen LogP contribution >= 0.6 is 11.6 Å². The van der Waals surface area contributed by atoms with Gasteiger partial charge in [0.1, 0.15) is 0 Å². The molecule has 0 amide bonds. The highest BCUT2D eigenvalue weighted by molar-refractivity contribution is 6.32. The first kappa shape index (κ1) is 11.8. The van der Waals surface area contributed by atoms with Crippen molar-refractivity contribution < 1.29 is 0 Å². The van der Waals surface area contributed by atoms with E-state index in [0.29, 0.717) is 6.04 Å². The second kappa shape index (κ2) is 5.12. The highest BCUT2D eigenvalue weighted by Crippen LogP contribution is 2.28. The van der Waals surface area contributed by atoms with Gasteiger partial charge in [0.2, 0.25) is 0 Å². The third-order valence-corrected chi connectivity index (χ3v) is 3.77. The number of rotatable bonds is 2. The highest BCUT2D eigenvalue weighted by Gasteiger charge is 2.15. The van der Waals surface area contributed by atoms with Crippen molar-refractivity contribution in [1.82, 2.24) is 14.9 Å². The van der Waals surface area contributed by atoms with Crippen molar-refractivity contribution in [2.75, 3.05) is 6.54 Å². The van der Waals surface area contributed by atoms with Crippen LogP contribution in [0.5, 0.6) is 0 Å². The molecule has 1 unspecified atom stereocenters. The van der Waals surface area contributed by atoms with Crippen molar-refractivity contribution in [3.63, 3.8) is 0 Å². The van der Waals surface area contributed by atoms with E-state index in [1.54, 1.807) is 12.5 Å². The van der Waals surface area contributed by atoms with E-state index in [0.717, 1.165) is 17.3 Å². The second-order valence-corrected chi connectivity index (χ2v) is 5.09. The monoisotopic (exact) mass is 261 g/mol. The summed E-state index contributed by atoms with van der Waals surface area (Å²) in [7, 11) is 0. The van der Waals surface area contributed by atoms with Gasteiger partial charge in [-0.2, -0.15) is 0 Å². The van der Waals surface area contributed by atoms with Crippen molar-refractivity contribution in [2.24, 2.45) is 0 Å². The summed E-state index contributed by atoms with van der Waals surface area (Å²) in [6.45, 7) is 1.10. The molecule has 2 aromatic rings. The van der Waals surface area contributed by atoms with Crippen LogP contribution in [0.3, 0.4) is 0 Å². The highest BCUT2D eigenvalue weighted by atomic mass is 35.5. The standard InChI is InChI=1S/C14H16ClN3/c15-12-9-11(13-3-1-2-6-17-13)4-5-14(12)18-8-7-16-10-18/h4-5,7-10,13,17H,1-3,6H2. The van der Waals surface area contributed by atoms with E-state index in [9.17, 15) is 0 Å². The van der Waals surface area contributed by atoms with Crippen molar-refractivity contribution >= 4 is 11.6 Å². The van der Waals surface area contributed by atoms with Crippen LogP contribution in [0.4, 0.5) is 0 Å². The van der Waals surface area contributed by atoms with Crippen molar-refractivity contribution in [3.8, 4) is 5.69 Å². The van der Waals surface area contributed by atoms with Crippen LogP contribution in [0.25, 0.3) is 5.69 Å².